The predicted molar refractivity (Wildman–Crippen MR) is 87.7 cm³/mol. The molecule has 120 valence electrons. The maximum Gasteiger partial charge on any atom is 0.138 e. The van der Waals surface area contributed by atoms with E-state index < -0.39 is 0 Å². The van der Waals surface area contributed by atoms with E-state index in [0.29, 0.717) is 5.82 Å². The Morgan fingerprint density at radius 1 is 1.24 bits per heavy atom. The van der Waals surface area contributed by atoms with E-state index in [0.717, 1.165) is 43.4 Å². The third kappa shape index (κ3) is 5.47. The number of aromatic nitrogens is 2. The topological polar surface area (TPSA) is 76.3 Å². The summed E-state index contributed by atoms with van der Waals surface area (Å²) in [6.07, 6.45) is 0. The van der Waals surface area contributed by atoms with E-state index in [2.05, 4.69) is 48.0 Å². The van der Waals surface area contributed by atoms with Crippen LogP contribution < -0.4 is 11.1 Å². The van der Waals surface area contributed by atoms with E-state index in [9.17, 15) is 0 Å². The molecule has 0 aliphatic heterocycles. The third-order valence-corrected chi connectivity index (χ3v) is 3.32. The minimum absolute atomic E-state index is 0.118. The lowest BCUT2D eigenvalue weighted by atomic mass is 9.95. The zero-order valence-electron chi connectivity index (χ0n) is 14.2. The van der Waals surface area contributed by atoms with Gasteiger partial charge in [0, 0.05) is 37.7 Å². The number of rotatable bonds is 7. The molecule has 0 amide bonds. The van der Waals surface area contributed by atoms with Gasteiger partial charge in [-0.3, -0.25) is 0 Å². The Morgan fingerprint density at radius 3 is 2.48 bits per heavy atom. The maximum absolute atomic E-state index is 6.00. The predicted octanol–water partition coefficient (Wildman–Crippen LogP) is 1.65. The molecule has 6 nitrogen and oxygen atoms in total. The number of likely N-dealkylation sites (N-methyl/N-ethyl adjacent to an activating group) is 1. The fourth-order valence-corrected chi connectivity index (χ4v) is 1.77. The van der Waals surface area contributed by atoms with Gasteiger partial charge in [0.15, 0.2) is 0 Å². The van der Waals surface area contributed by atoms with Crippen LogP contribution in [0.2, 0.25) is 0 Å². The quantitative estimate of drug-likeness (QED) is 0.796. The molecule has 1 heterocycles. The molecule has 1 aromatic heterocycles. The number of methoxy groups -OCH3 is 1. The van der Waals surface area contributed by atoms with Crippen LogP contribution in [0.15, 0.2) is 0 Å². The highest BCUT2D eigenvalue weighted by Crippen LogP contribution is 2.24. The number of nitrogens with two attached hydrogens (primary N) is 1. The summed E-state index contributed by atoms with van der Waals surface area (Å²) in [6.45, 7) is 11.6. The summed E-state index contributed by atoms with van der Waals surface area (Å²) in [4.78, 5) is 11.2. The van der Waals surface area contributed by atoms with E-state index in [-0.39, 0.29) is 5.41 Å². The summed E-state index contributed by atoms with van der Waals surface area (Å²) in [5, 5.41) is 3.36. The second-order valence-corrected chi connectivity index (χ2v) is 6.38. The molecule has 0 fully saturated rings. The van der Waals surface area contributed by atoms with Crippen LogP contribution in [-0.4, -0.2) is 55.3 Å². The van der Waals surface area contributed by atoms with Crippen molar-refractivity contribution in [2.45, 2.75) is 33.1 Å². The number of nitrogen functional groups attached to an aromatic ring is 1. The van der Waals surface area contributed by atoms with Crippen LogP contribution in [0.3, 0.4) is 0 Å². The van der Waals surface area contributed by atoms with Gasteiger partial charge < -0.3 is 20.7 Å². The smallest absolute Gasteiger partial charge is 0.138 e. The number of nitrogens with one attached hydrogen (secondary N) is 1. The van der Waals surface area contributed by atoms with Gasteiger partial charge >= 0.3 is 0 Å². The SMILES string of the molecule is COCCN(C)CCNc1nc(C(C)(C)C)nc(N)c1C. The maximum atomic E-state index is 6.00. The Hall–Kier alpha value is -1.40. The molecule has 6 heteroatoms. The average Bonchev–Trinajstić information content (AvgIpc) is 2.39. The highest BCUT2D eigenvalue weighted by molar-refractivity contribution is 5.55. The van der Waals surface area contributed by atoms with Crippen LogP contribution in [0.25, 0.3) is 0 Å². The first kappa shape index (κ1) is 17.7. The molecule has 21 heavy (non-hydrogen) atoms. The van der Waals surface area contributed by atoms with Crippen LogP contribution in [0, 0.1) is 6.92 Å². The number of nitrogens with zero attached hydrogens (tertiary/aromatic N) is 3. The standard InChI is InChI=1S/C15H29N5O/c1-11-12(16)18-14(15(2,3)4)19-13(11)17-7-8-20(5)9-10-21-6/h7-10H2,1-6H3,(H3,16,17,18,19). The zero-order valence-corrected chi connectivity index (χ0v) is 14.2. The molecule has 1 rings (SSSR count). The number of ether oxygens (including phenoxy) is 1. The van der Waals surface area contributed by atoms with Crippen LogP contribution in [0.4, 0.5) is 11.6 Å². The van der Waals surface area contributed by atoms with Crippen LogP contribution in [0.5, 0.6) is 0 Å². The van der Waals surface area contributed by atoms with Crippen molar-refractivity contribution in [1.29, 1.82) is 0 Å². The Kier molecular flexibility index (Phi) is 6.36. The highest BCUT2D eigenvalue weighted by Gasteiger charge is 2.20. The summed E-state index contributed by atoms with van der Waals surface area (Å²) in [6, 6.07) is 0. The molecule has 1 aromatic rings. The second kappa shape index (κ2) is 7.56. The summed E-state index contributed by atoms with van der Waals surface area (Å²) < 4.78 is 5.07. The van der Waals surface area contributed by atoms with Crippen LogP contribution in [-0.2, 0) is 10.2 Å². The molecule has 0 bridgehead atoms. The van der Waals surface area contributed by atoms with E-state index in [1.54, 1.807) is 7.11 Å². The van der Waals surface area contributed by atoms with Gasteiger partial charge in [0.2, 0.25) is 0 Å². The van der Waals surface area contributed by atoms with Crippen molar-refractivity contribution < 1.29 is 4.74 Å². The minimum atomic E-state index is -0.118. The molecular formula is C15H29N5O. The molecule has 0 atom stereocenters. The normalized spacial score (nSPS) is 12.0. The Bertz CT molecular complexity index is 456. The van der Waals surface area contributed by atoms with Gasteiger partial charge in [0.05, 0.1) is 6.61 Å². The Balaban J connectivity index is 2.68. The van der Waals surface area contributed by atoms with E-state index >= 15 is 0 Å². The Morgan fingerprint density at radius 2 is 1.90 bits per heavy atom. The summed E-state index contributed by atoms with van der Waals surface area (Å²) >= 11 is 0. The van der Waals surface area contributed by atoms with Gasteiger partial charge in [0.1, 0.15) is 17.5 Å². The molecule has 0 radical (unpaired) electrons. The molecule has 0 saturated heterocycles. The van der Waals surface area contributed by atoms with Crippen molar-refractivity contribution in [2.24, 2.45) is 0 Å². The molecule has 0 saturated carbocycles. The van der Waals surface area contributed by atoms with Crippen molar-refractivity contribution in [3.05, 3.63) is 11.4 Å². The third-order valence-electron chi connectivity index (χ3n) is 3.32. The summed E-state index contributed by atoms with van der Waals surface area (Å²) in [5.74, 6) is 2.14. The monoisotopic (exact) mass is 295 g/mol. The first-order chi connectivity index (χ1) is 9.75. The van der Waals surface area contributed by atoms with E-state index in [1.165, 1.54) is 0 Å². The number of hydrogen-bond acceptors (Lipinski definition) is 6. The molecule has 3 N–H and O–H groups in total. The largest absolute Gasteiger partial charge is 0.383 e. The van der Waals surface area contributed by atoms with Gasteiger partial charge in [-0.15, -0.1) is 0 Å². The zero-order chi connectivity index (χ0) is 16.0. The van der Waals surface area contributed by atoms with Gasteiger partial charge in [-0.05, 0) is 14.0 Å². The molecule has 0 unspecified atom stereocenters. The minimum Gasteiger partial charge on any atom is -0.383 e. The molecule has 0 aliphatic rings. The van der Waals surface area contributed by atoms with Gasteiger partial charge in [-0.2, -0.15) is 0 Å². The lowest BCUT2D eigenvalue weighted by Gasteiger charge is -2.21. The van der Waals surface area contributed by atoms with Crippen molar-refractivity contribution in [3.8, 4) is 0 Å². The first-order valence-electron chi connectivity index (χ1n) is 7.31. The lowest BCUT2D eigenvalue weighted by molar-refractivity contribution is 0.163. The fourth-order valence-electron chi connectivity index (χ4n) is 1.77. The van der Waals surface area contributed by atoms with E-state index in [4.69, 9.17) is 10.5 Å². The first-order valence-corrected chi connectivity index (χ1v) is 7.31. The molecular weight excluding hydrogens is 266 g/mol. The Labute approximate surface area is 128 Å². The lowest BCUT2D eigenvalue weighted by Crippen LogP contribution is -2.29. The van der Waals surface area contributed by atoms with Crippen LogP contribution in [0.1, 0.15) is 32.2 Å². The molecule has 0 spiro atoms. The summed E-state index contributed by atoms with van der Waals surface area (Å²) in [5.41, 5.74) is 6.78. The highest BCUT2D eigenvalue weighted by atomic mass is 16.5. The summed E-state index contributed by atoms with van der Waals surface area (Å²) in [7, 11) is 3.79. The van der Waals surface area contributed by atoms with Gasteiger partial charge in [-0.25, -0.2) is 9.97 Å². The van der Waals surface area contributed by atoms with E-state index in [1.807, 2.05) is 6.92 Å². The van der Waals surface area contributed by atoms with Gasteiger partial charge in [0.25, 0.3) is 0 Å². The molecule has 0 aliphatic carbocycles. The van der Waals surface area contributed by atoms with Crippen molar-refractivity contribution >= 4 is 11.6 Å². The van der Waals surface area contributed by atoms with Crippen LogP contribution >= 0.6 is 0 Å². The second-order valence-electron chi connectivity index (χ2n) is 6.38. The number of hydrogen-bond donors (Lipinski definition) is 2. The van der Waals surface area contributed by atoms with Crippen molar-refractivity contribution in [2.75, 3.05) is 51.4 Å². The number of anilines is 2. The van der Waals surface area contributed by atoms with Crippen molar-refractivity contribution in [1.82, 2.24) is 14.9 Å². The van der Waals surface area contributed by atoms with Gasteiger partial charge in [-0.1, -0.05) is 20.8 Å². The molecule has 0 aromatic carbocycles. The van der Waals surface area contributed by atoms with Crippen molar-refractivity contribution in [3.63, 3.8) is 0 Å². The fraction of sp³-hybridized carbons (Fsp3) is 0.733. The average molecular weight is 295 g/mol.